The second-order valence-corrected chi connectivity index (χ2v) is 12.1. The summed E-state index contributed by atoms with van der Waals surface area (Å²) in [5, 5.41) is 10.4. The zero-order chi connectivity index (χ0) is 32.0. The van der Waals surface area contributed by atoms with Crippen LogP contribution in [-0.4, -0.2) is 81.9 Å². The highest BCUT2D eigenvalue weighted by Crippen LogP contribution is 2.41. The number of nitrogens with zero attached hydrogens (tertiary/aromatic N) is 5. The molecule has 1 fully saturated rings. The number of halogens is 2. The van der Waals surface area contributed by atoms with Gasteiger partial charge in [-0.2, -0.15) is 0 Å². The Morgan fingerprint density at radius 1 is 1.18 bits per heavy atom. The number of phenolic OH excluding ortho intramolecular Hbond substituents is 1. The highest BCUT2D eigenvalue weighted by Gasteiger charge is 2.46. The summed E-state index contributed by atoms with van der Waals surface area (Å²) in [6.07, 6.45) is 4.37. The molecule has 8 nitrogen and oxygen atoms in total. The second kappa shape index (κ2) is 11.9. The summed E-state index contributed by atoms with van der Waals surface area (Å²) in [6.45, 7) is 14.3. The summed E-state index contributed by atoms with van der Waals surface area (Å²) in [4.78, 5) is 39.1. The number of aromatic nitrogens is 1. The van der Waals surface area contributed by atoms with Crippen molar-refractivity contribution in [3.63, 3.8) is 0 Å². The van der Waals surface area contributed by atoms with E-state index in [1.807, 2.05) is 45.7 Å². The largest absolute Gasteiger partial charge is 0.507 e. The van der Waals surface area contributed by atoms with Gasteiger partial charge in [0.1, 0.15) is 23.1 Å². The molecule has 232 valence electrons. The van der Waals surface area contributed by atoms with Gasteiger partial charge >= 0.3 is 0 Å². The molecule has 44 heavy (non-hydrogen) atoms. The van der Waals surface area contributed by atoms with E-state index in [4.69, 9.17) is 0 Å². The number of aryl methyl sites for hydroxylation is 1. The number of carbonyl (C=O) groups excluding carboxylic acids is 2. The maximum absolute atomic E-state index is 16.2. The fourth-order valence-electron chi connectivity index (χ4n) is 6.57. The fourth-order valence-corrected chi connectivity index (χ4v) is 6.57. The molecule has 10 heteroatoms. The quantitative estimate of drug-likeness (QED) is 0.469. The number of allylic oxidation sites excluding steroid dienone is 3. The van der Waals surface area contributed by atoms with E-state index in [1.54, 1.807) is 16.0 Å². The lowest BCUT2D eigenvalue weighted by atomic mass is 9.92. The molecule has 0 saturated carbocycles. The molecule has 0 aliphatic carbocycles. The van der Waals surface area contributed by atoms with E-state index in [-0.39, 0.29) is 53.2 Å². The molecule has 0 unspecified atom stereocenters. The minimum Gasteiger partial charge on any atom is -0.507 e. The van der Waals surface area contributed by atoms with Crippen LogP contribution in [0.2, 0.25) is 0 Å². The van der Waals surface area contributed by atoms with E-state index in [0.29, 0.717) is 42.3 Å². The Kier molecular flexibility index (Phi) is 8.38. The van der Waals surface area contributed by atoms with E-state index in [2.05, 4.69) is 16.5 Å². The number of fused-ring (bicyclic) bond motifs is 2. The van der Waals surface area contributed by atoms with Crippen molar-refractivity contribution in [2.24, 2.45) is 0 Å². The van der Waals surface area contributed by atoms with E-state index < -0.39 is 11.6 Å². The van der Waals surface area contributed by atoms with Crippen molar-refractivity contribution < 1.29 is 23.5 Å². The average Bonchev–Trinajstić information content (AvgIpc) is 2.97. The van der Waals surface area contributed by atoms with Crippen molar-refractivity contribution in [2.75, 3.05) is 38.1 Å². The summed E-state index contributed by atoms with van der Waals surface area (Å²) >= 11 is 0. The van der Waals surface area contributed by atoms with E-state index in [9.17, 15) is 19.1 Å². The Labute approximate surface area is 257 Å². The first-order chi connectivity index (χ1) is 20.8. The van der Waals surface area contributed by atoms with Crippen LogP contribution in [0.25, 0.3) is 5.57 Å². The Bertz CT molecular complexity index is 1610. The topological polar surface area (TPSA) is 80.2 Å². The number of benzene rings is 1. The molecular formula is C34H39F2N5O3. The van der Waals surface area contributed by atoms with Crippen molar-refractivity contribution in [1.29, 1.82) is 0 Å². The molecule has 3 aliphatic heterocycles. The van der Waals surface area contributed by atoms with Gasteiger partial charge in [0.2, 0.25) is 5.91 Å². The number of piperazine rings is 1. The van der Waals surface area contributed by atoms with Gasteiger partial charge in [-0.15, -0.1) is 0 Å². The molecule has 5 rings (SSSR count). The highest BCUT2D eigenvalue weighted by molar-refractivity contribution is 6.09. The van der Waals surface area contributed by atoms with Gasteiger partial charge in [-0.3, -0.25) is 14.6 Å². The molecular weight excluding hydrogens is 564 g/mol. The molecule has 0 bridgehead atoms. The Morgan fingerprint density at radius 3 is 2.57 bits per heavy atom. The number of amides is 2. The van der Waals surface area contributed by atoms with Gasteiger partial charge in [-0.1, -0.05) is 26.5 Å². The lowest BCUT2D eigenvalue weighted by Gasteiger charge is -2.54. The van der Waals surface area contributed by atoms with Crippen molar-refractivity contribution in [2.45, 2.75) is 52.6 Å². The second-order valence-electron chi connectivity index (χ2n) is 12.1. The standard InChI is InChI=1S/C34H39F2N5O3/c1-8-28(43)39-18-24-17-38(7)33-32(40(24)15-21(39)5)23(14-26(36)22(6)29-25(35)10-9-11-27(29)42)16-41(34(33)44)31-20(4)12-13-37-30(31)19(2)3/h8-14,19,21,24,42H,1,15-18H2,2-7H3/b23-14+,26-22-/t21-,24+/m1/s1. The van der Waals surface area contributed by atoms with Gasteiger partial charge in [0.25, 0.3) is 5.91 Å². The van der Waals surface area contributed by atoms with Crippen LogP contribution >= 0.6 is 0 Å². The number of likely N-dealkylation sites (N-methyl/N-ethyl adjacent to an activating group) is 1. The molecule has 1 aromatic heterocycles. The summed E-state index contributed by atoms with van der Waals surface area (Å²) in [5.74, 6) is -2.19. The number of phenols is 1. The third-order valence-corrected chi connectivity index (χ3v) is 8.75. The molecule has 0 radical (unpaired) electrons. The van der Waals surface area contributed by atoms with Gasteiger partial charge in [0, 0.05) is 44.5 Å². The van der Waals surface area contributed by atoms with E-state index in [1.165, 1.54) is 37.3 Å². The lowest BCUT2D eigenvalue weighted by molar-refractivity contribution is -0.132. The molecule has 2 aromatic rings. The third kappa shape index (κ3) is 5.27. The van der Waals surface area contributed by atoms with Gasteiger partial charge in [-0.05, 0) is 68.2 Å². The SMILES string of the molecule is C=CC(=O)N1C[C@@H]2CN(C)C3=C(/C(=C/C(F)=C(\C)c4c(O)cccc4F)CN(c4c(C)ccnc4C(C)C)C3=O)N2C[C@H]1C. The lowest BCUT2D eigenvalue weighted by Crippen LogP contribution is -2.65. The van der Waals surface area contributed by atoms with Crippen molar-refractivity contribution >= 4 is 23.1 Å². The van der Waals surface area contributed by atoms with Crippen LogP contribution in [0.1, 0.15) is 50.4 Å². The first-order valence-corrected chi connectivity index (χ1v) is 14.8. The average molecular weight is 604 g/mol. The van der Waals surface area contributed by atoms with Crippen molar-refractivity contribution in [1.82, 2.24) is 19.7 Å². The normalized spacial score (nSPS) is 21.9. The molecule has 1 N–H and O–H groups in total. The van der Waals surface area contributed by atoms with Crippen LogP contribution in [0.5, 0.6) is 5.75 Å². The summed E-state index contributed by atoms with van der Waals surface area (Å²) < 4.78 is 31.0. The van der Waals surface area contributed by atoms with Crippen LogP contribution in [0.4, 0.5) is 14.5 Å². The zero-order valence-corrected chi connectivity index (χ0v) is 26.1. The minimum absolute atomic E-state index is 0.0215. The first kappa shape index (κ1) is 31.0. The number of anilines is 1. The smallest absolute Gasteiger partial charge is 0.277 e. The van der Waals surface area contributed by atoms with Gasteiger partial charge in [0.15, 0.2) is 0 Å². The molecule has 1 aromatic carbocycles. The Morgan fingerprint density at radius 2 is 1.91 bits per heavy atom. The van der Waals surface area contributed by atoms with Gasteiger partial charge in [0.05, 0.1) is 35.2 Å². The Hall–Kier alpha value is -4.47. The predicted molar refractivity (Wildman–Crippen MR) is 167 cm³/mol. The van der Waals surface area contributed by atoms with E-state index >= 15 is 4.39 Å². The van der Waals surface area contributed by atoms with Crippen LogP contribution in [0.15, 0.2) is 72.0 Å². The fraction of sp³-hybridized carbons (Fsp3) is 0.382. The molecule has 4 heterocycles. The van der Waals surface area contributed by atoms with E-state index in [0.717, 1.165) is 11.3 Å². The van der Waals surface area contributed by atoms with Crippen molar-refractivity contribution in [3.05, 3.63) is 94.6 Å². The Balaban J connectivity index is 1.71. The maximum atomic E-state index is 16.2. The molecule has 2 amide bonds. The maximum Gasteiger partial charge on any atom is 0.277 e. The highest BCUT2D eigenvalue weighted by atomic mass is 19.1. The number of carbonyl (C=O) groups is 2. The van der Waals surface area contributed by atoms with Crippen molar-refractivity contribution in [3.8, 4) is 5.75 Å². The number of pyridine rings is 1. The van der Waals surface area contributed by atoms with Gasteiger partial charge < -0.3 is 24.7 Å². The summed E-state index contributed by atoms with van der Waals surface area (Å²) in [7, 11) is 1.83. The first-order valence-electron chi connectivity index (χ1n) is 14.8. The van der Waals surface area contributed by atoms with Crippen LogP contribution < -0.4 is 4.90 Å². The number of hydrogen-bond acceptors (Lipinski definition) is 6. The molecule has 1 saturated heterocycles. The number of rotatable bonds is 5. The van der Waals surface area contributed by atoms with Crippen LogP contribution in [0, 0.1) is 12.7 Å². The predicted octanol–water partition coefficient (Wildman–Crippen LogP) is 5.28. The number of aromatic hydroxyl groups is 1. The van der Waals surface area contributed by atoms with Gasteiger partial charge in [-0.25, -0.2) is 8.78 Å². The molecule has 3 aliphatic rings. The minimum atomic E-state index is -0.738. The summed E-state index contributed by atoms with van der Waals surface area (Å²) in [6, 6.07) is 5.36. The van der Waals surface area contributed by atoms with Crippen LogP contribution in [0.3, 0.4) is 0 Å². The van der Waals surface area contributed by atoms with Crippen LogP contribution in [-0.2, 0) is 9.59 Å². The molecule has 2 atom stereocenters. The molecule has 0 spiro atoms. The summed E-state index contributed by atoms with van der Waals surface area (Å²) in [5.41, 5.74) is 3.57. The third-order valence-electron chi connectivity index (χ3n) is 8.75. The zero-order valence-electron chi connectivity index (χ0n) is 26.1. The monoisotopic (exact) mass is 603 g/mol. The number of hydrogen-bond donors (Lipinski definition) is 1.